The van der Waals surface area contributed by atoms with Gasteiger partial charge in [0.15, 0.2) is 17.4 Å². The van der Waals surface area contributed by atoms with Gasteiger partial charge in [-0.2, -0.15) is 0 Å². The summed E-state index contributed by atoms with van der Waals surface area (Å²) in [6.45, 7) is 1.98. The van der Waals surface area contributed by atoms with Gasteiger partial charge in [-0.25, -0.2) is 4.39 Å². The van der Waals surface area contributed by atoms with Crippen LogP contribution in [0.15, 0.2) is 23.4 Å². The van der Waals surface area contributed by atoms with E-state index in [9.17, 15) is 4.39 Å². The molecule has 0 aromatic heterocycles. The van der Waals surface area contributed by atoms with Crippen molar-refractivity contribution >= 4 is 5.84 Å². The molecular formula is C13H18FN3O3. The molecule has 0 bridgehead atoms. The summed E-state index contributed by atoms with van der Waals surface area (Å²) >= 11 is 0. The number of ether oxygens (including phenoxy) is 2. The normalized spacial score (nSPS) is 20.9. The first-order chi connectivity index (χ1) is 9.65. The van der Waals surface area contributed by atoms with Gasteiger partial charge in [0.1, 0.15) is 6.10 Å². The monoisotopic (exact) mass is 283 g/mol. The van der Waals surface area contributed by atoms with Crippen LogP contribution < -0.4 is 10.5 Å². The van der Waals surface area contributed by atoms with Gasteiger partial charge in [-0.3, -0.25) is 4.90 Å². The summed E-state index contributed by atoms with van der Waals surface area (Å²) in [5.41, 5.74) is 6.08. The predicted molar refractivity (Wildman–Crippen MR) is 71.4 cm³/mol. The Morgan fingerprint density at radius 3 is 3.15 bits per heavy atom. The van der Waals surface area contributed by atoms with Crippen molar-refractivity contribution in [2.24, 2.45) is 10.9 Å². The third kappa shape index (κ3) is 3.17. The van der Waals surface area contributed by atoms with Gasteiger partial charge in [0, 0.05) is 25.2 Å². The van der Waals surface area contributed by atoms with Crippen LogP contribution >= 0.6 is 0 Å². The Balaban J connectivity index is 2.06. The van der Waals surface area contributed by atoms with Gasteiger partial charge in [-0.15, -0.1) is 0 Å². The Bertz CT molecular complexity index is 496. The molecule has 0 spiro atoms. The number of hydrogen-bond donors (Lipinski definition) is 2. The second kappa shape index (κ2) is 6.53. The number of morpholine rings is 1. The van der Waals surface area contributed by atoms with Crippen molar-refractivity contribution in [1.29, 1.82) is 0 Å². The number of halogens is 1. The number of nitrogens with zero attached hydrogens (tertiary/aromatic N) is 2. The van der Waals surface area contributed by atoms with Gasteiger partial charge in [0.05, 0.1) is 13.7 Å². The minimum absolute atomic E-state index is 0.0285. The fraction of sp³-hybridized carbons (Fsp3) is 0.462. The van der Waals surface area contributed by atoms with E-state index in [4.69, 9.17) is 20.4 Å². The molecular weight excluding hydrogens is 265 g/mol. The van der Waals surface area contributed by atoms with E-state index in [1.165, 1.54) is 7.11 Å². The Morgan fingerprint density at radius 1 is 1.65 bits per heavy atom. The predicted octanol–water partition coefficient (Wildman–Crippen LogP) is 0.781. The highest BCUT2D eigenvalue weighted by Crippen LogP contribution is 2.21. The second-order valence-corrected chi connectivity index (χ2v) is 4.55. The Hall–Kier alpha value is -1.86. The summed E-state index contributed by atoms with van der Waals surface area (Å²) < 4.78 is 24.4. The fourth-order valence-corrected chi connectivity index (χ4v) is 2.17. The van der Waals surface area contributed by atoms with Gasteiger partial charge in [-0.1, -0.05) is 17.3 Å². The zero-order chi connectivity index (χ0) is 14.5. The lowest BCUT2D eigenvalue weighted by Crippen LogP contribution is -2.48. The van der Waals surface area contributed by atoms with Crippen molar-refractivity contribution < 1.29 is 19.1 Å². The van der Waals surface area contributed by atoms with Gasteiger partial charge < -0.3 is 20.4 Å². The molecule has 6 nitrogen and oxygen atoms in total. The van der Waals surface area contributed by atoms with Crippen LogP contribution in [-0.4, -0.2) is 48.9 Å². The minimum Gasteiger partial charge on any atom is -0.494 e. The number of hydrogen-bond acceptors (Lipinski definition) is 5. The first kappa shape index (κ1) is 14.5. The third-order valence-corrected chi connectivity index (χ3v) is 3.25. The highest BCUT2D eigenvalue weighted by atomic mass is 19.1. The average molecular weight is 283 g/mol. The molecule has 1 aliphatic rings. The van der Waals surface area contributed by atoms with Crippen LogP contribution in [0.5, 0.6) is 5.75 Å². The molecule has 1 aliphatic heterocycles. The van der Waals surface area contributed by atoms with Crippen molar-refractivity contribution in [3.8, 4) is 5.75 Å². The number of oxime groups is 1. The molecule has 0 amide bonds. The molecule has 7 heteroatoms. The maximum absolute atomic E-state index is 14.1. The largest absolute Gasteiger partial charge is 0.494 e. The number of methoxy groups -OCH3 is 1. The number of benzene rings is 1. The van der Waals surface area contributed by atoms with Crippen molar-refractivity contribution in [3.63, 3.8) is 0 Å². The standard InChI is InChI=1S/C13H18FN3O3/c1-19-10-4-2-3-9(12(10)14)7-17-5-6-20-11(8-17)13(15)16-18/h2-4,11,18H,5-8H2,1H3,(H2,15,16). The summed E-state index contributed by atoms with van der Waals surface area (Å²) in [5.74, 6) is -0.105. The van der Waals surface area contributed by atoms with Crippen molar-refractivity contribution in [2.45, 2.75) is 12.6 Å². The van der Waals surface area contributed by atoms with E-state index in [1.54, 1.807) is 18.2 Å². The van der Waals surface area contributed by atoms with Crippen LogP contribution in [0.3, 0.4) is 0 Å². The van der Waals surface area contributed by atoms with Gasteiger partial charge in [0.25, 0.3) is 0 Å². The molecule has 2 rings (SSSR count). The number of rotatable bonds is 4. The van der Waals surface area contributed by atoms with E-state index >= 15 is 0 Å². The first-order valence-corrected chi connectivity index (χ1v) is 6.28. The Morgan fingerprint density at radius 2 is 2.45 bits per heavy atom. The lowest BCUT2D eigenvalue weighted by molar-refractivity contribution is 0.00102. The van der Waals surface area contributed by atoms with Crippen LogP contribution in [-0.2, 0) is 11.3 Å². The topological polar surface area (TPSA) is 80.3 Å². The molecule has 1 aromatic carbocycles. The number of nitrogens with two attached hydrogens (primary N) is 1. The van der Waals surface area contributed by atoms with Gasteiger partial charge in [0.2, 0.25) is 0 Å². The molecule has 1 heterocycles. The minimum atomic E-state index is -0.470. The van der Waals surface area contributed by atoms with E-state index in [2.05, 4.69) is 5.16 Å². The van der Waals surface area contributed by atoms with Crippen molar-refractivity contribution in [1.82, 2.24) is 4.90 Å². The van der Waals surface area contributed by atoms with Crippen LogP contribution in [0.25, 0.3) is 0 Å². The first-order valence-electron chi connectivity index (χ1n) is 6.28. The summed E-state index contributed by atoms with van der Waals surface area (Å²) in [5, 5.41) is 11.6. The molecule has 1 aromatic rings. The maximum Gasteiger partial charge on any atom is 0.169 e. The molecule has 3 N–H and O–H groups in total. The molecule has 0 saturated carbocycles. The molecule has 0 aliphatic carbocycles. The summed E-state index contributed by atoms with van der Waals surface area (Å²) in [6.07, 6.45) is -0.470. The van der Waals surface area contributed by atoms with Crippen molar-refractivity contribution in [2.75, 3.05) is 26.8 Å². The lowest BCUT2D eigenvalue weighted by atomic mass is 10.1. The van der Waals surface area contributed by atoms with E-state index in [0.29, 0.717) is 31.8 Å². The Kier molecular flexibility index (Phi) is 4.75. The molecule has 0 radical (unpaired) electrons. The third-order valence-electron chi connectivity index (χ3n) is 3.25. The molecule has 1 saturated heterocycles. The zero-order valence-corrected chi connectivity index (χ0v) is 11.3. The average Bonchev–Trinajstić information content (AvgIpc) is 2.49. The van der Waals surface area contributed by atoms with E-state index < -0.39 is 6.10 Å². The molecule has 110 valence electrons. The van der Waals surface area contributed by atoms with E-state index in [-0.39, 0.29) is 17.4 Å². The lowest BCUT2D eigenvalue weighted by Gasteiger charge is -2.32. The van der Waals surface area contributed by atoms with Gasteiger partial charge in [-0.05, 0) is 6.07 Å². The molecule has 20 heavy (non-hydrogen) atoms. The number of amidine groups is 1. The maximum atomic E-state index is 14.1. The molecule has 1 fully saturated rings. The second-order valence-electron chi connectivity index (χ2n) is 4.55. The van der Waals surface area contributed by atoms with E-state index in [1.807, 2.05) is 4.90 Å². The quantitative estimate of drug-likeness (QED) is 0.369. The van der Waals surface area contributed by atoms with E-state index in [0.717, 1.165) is 0 Å². The highest BCUT2D eigenvalue weighted by molar-refractivity contribution is 5.84. The zero-order valence-electron chi connectivity index (χ0n) is 11.3. The Labute approximate surface area is 116 Å². The van der Waals surface area contributed by atoms with Crippen LogP contribution in [0.4, 0.5) is 4.39 Å². The van der Waals surface area contributed by atoms with Crippen molar-refractivity contribution in [3.05, 3.63) is 29.6 Å². The fourth-order valence-electron chi connectivity index (χ4n) is 2.17. The van der Waals surface area contributed by atoms with Gasteiger partial charge >= 0.3 is 0 Å². The summed E-state index contributed by atoms with van der Waals surface area (Å²) in [4.78, 5) is 1.99. The molecule has 1 unspecified atom stereocenters. The highest BCUT2D eigenvalue weighted by Gasteiger charge is 2.24. The molecule has 1 atom stereocenters. The van der Waals surface area contributed by atoms with Crippen LogP contribution in [0.2, 0.25) is 0 Å². The smallest absolute Gasteiger partial charge is 0.169 e. The van der Waals surface area contributed by atoms with Crippen LogP contribution in [0, 0.1) is 5.82 Å². The summed E-state index contributed by atoms with van der Waals surface area (Å²) in [7, 11) is 1.44. The van der Waals surface area contributed by atoms with Crippen LogP contribution in [0.1, 0.15) is 5.56 Å². The summed E-state index contributed by atoms with van der Waals surface area (Å²) in [6, 6.07) is 5.04. The SMILES string of the molecule is COc1cccc(CN2CCOC(/C(N)=N/O)C2)c1F.